The van der Waals surface area contributed by atoms with Gasteiger partial charge >= 0.3 is 0 Å². The third-order valence-electron chi connectivity index (χ3n) is 4.00. The number of hydrogen-bond donors (Lipinski definition) is 2. The van der Waals surface area contributed by atoms with Crippen molar-refractivity contribution in [1.82, 2.24) is 10.5 Å². The molecule has 2 N–H and O–H groups in total. The summed E-state index contributed by atoms with van der Waals surface area (Å²) < 4.78 is 10.5. The maximum Gasteiger partial charge on any atom is 0.257 e. The fourth-order valence-corrected chi connectivity index (χ4v) is 2.84. The van der Waals surface area contributed by atoms with E-state index in [1.54, 1.807) is 24.3 Å². The molecule has 1 aromatic heterocycles. The molecular formula is C17H19ClN2O4. The maximum atomic E-state index is 12.8. The molecule has 2 heterocycles. The molecule has 1 aliphatic heterocycles. The van der Waals surface area contributed by atoms with E-state index in [2.05, 4.69) is 10.5 Å². The zero-order chi connectivity index (χ0) is 17.1. The molecule has 1 saturated heterocycles. The summed E-state index contributed by atoms with van der Waals surface area (Å²) in [5, 5.41) is 17.5. The molecule has 128 valence electrons. The number of carbonyl (C=O) groups is 1. The number of benzene rings is 1. The first-order valence-electron chi connectivity index (χ1n) is 7.88. The van der Waals surface area contributed by atoms with Crippen LogP contribution in [0.1, 0.15) is 42.0 Å². The Bertz CT molecular complexity index is 706. The van der Waals surface area contributed by atoms with Gasteiger partial charge in [0, 0.05) is 29.8 Å². The SMILES string of the molecule is C[C@H](O)c1onc(-c2ccc(Cl)cc2)c1C(=O)NC1CCOCC1. The van der Waals surface area contributed by atoms with Crippen LogP contribution in [0.25, 0.3) is 11.3 Å². The molecule has 7 heteroatoms. The number of hydrogen-bond acceptors (Lipinski definition) is 5. The van der Waals surface area contributed by atoms with Crippen molar-refractivity contribution in [2.45, 2.75) is 31.9 Å². The van der Waals surface area contributed by atoms with Crippen molar-refractivity contribution >= 4 is 17.5 Å². The number of amides is 1. The number of ether oxygens (including phenoxy) is 1. The van der Waals surface area contributed by atoms with Crippen LogP contribution in [-0.4, -0.2) is 35.4 Å². The Labute approximate surface area is 144 Å². The lowest BCUT2D eigenvalue weighted by atomic mass is 10.0. The van der Waals surface area contributed by atoms with E-state index in [1.165, 1.54) is 6.92 Å². The number of aliphatic hydroxyl groups excluding tert-OH is 1. The highest BCUT2D eigenvalue weighted by atomic mass is 35.5. The number of aromatic nitrogens is 1. The Morgan fingerprint density at radius 3 is 2.62 bits per heavy atom. The van der Waals surface area contributed by atoms with Gasteiger partial charge in [-0.2, -0.15) is 0 Å². The fourth-order valence-electron chi connectivity index (χ4n) is 2.71. The van der Waals surface area contributed by atoms with E-state index >= 15 is 0 Å². The van der Waals surface area contributed by atoms with Gasteiger partial charge in [-0.3, -0.25) is 4.79 Å². The average molecular weight is 351 g/mol. The molecule has 1 amide bonds. The zero-order valence-electron chi connectivity index (χ0n) is 13.3. The minimum Gasteiger partial charge on any atom is -0.385 e. The first kappa shape index (κ1) is 17.0. The highest BCUT2D eigenvalue weighted by Crippen LogP contribution is 2.30. The van der Waals surface area contributed by atoms with Crippen LogP contribution in [0.15, 0.2) is 28.8 Å². The smallest absolute Gasteiger partial charge is 0.257 e. The summed E-state index contributed by atoms with van der Waals surface area (Å²) in [5.74, 6) is -0.145. The van der Waals surface area contributed by atoms with E-state index in [0.717, 1.165) is 12.8 Å². The third-order valence-corrected chi connectivity index (χ3v) is 4.25. The molecule has 2 aromatic rings. The molecule has 1 aliphatic rings. The van der Waals surface area contributed by atoms with Crippen LogP contribution >= 0.6 is 11.6 Å². The average Bonchev–Trinajstić information content (AvgIpc) is 3.02. The monoisotopic (exact) mass is 350 g/mol. The van der Waals surface area contributed by atoms with Crippen LogP contribution < -0.4 is 5.32 Å². The Morgan fingerprint density at radius 2 is 2.00 bits per heavy atom. The van der Waals surface area contributed by atoms with Crippen molar-refractivity contribution in [3.63, 3.8) is 0 Å². The Balaban J connectivity index is 1.93. The normalized spacial score (nSPS) is 16.8. The molecule has 1 aromatic carbocycles. The van der Waals surface area contributed by atoms with E-state index in [1.807, 2.05) is 0 Å². The second-order valence-corrected chi connectivity index (χ2v) is 6.25. The lowest BCUT2D eigenvalue weighted by molar-refractivity contribution is 0.0692. The summed E-state index contributed by atoms with van der Waals surface area (Å²) in [6.07, 6.45) is 0.586. The molecule has 1 fully saturated rings. The summed E-state index contributed by atoms with van der Waals surface area (Å²) in [7, 11) is 0. The van der Waals surface area contributed by atoms with Crippen LogP contribution in [0.2, 0.25) is 5.02 Å². The van der Waals surface area contributed by atoms with Crippen molar-refractivity contribution in [3.8, 4) is 11.3 Å². The second-order valence-electron chi connectivity index (χ2n) is 5.81. The van der Waals surface area contributed by atoms with Crippen molar-refractivity contribution in [3.05, 3.63) is 40.6 Å². The van der Waals surface area contributed by atoms with E-state index in [9.17, 15) is 9.90 Å². The van der Waals surface area contributed by atoms with Gasteiger partial charge in [0.15, 0.2) is 5.76 Å². The van der Waals surface area contributed by atoms with Gasteiger partial charge in [-0.1, -0.05) is 28.9 Å². The van der Waals surface area contributed by atoms with Gasteiger partial charge in [0.1, 0.15) is 17.4 Å². The van der Waals surface area contributed by atoms with E-state index in [4.69, 9.17) is 20.9 Å². The molecule has 3 rings (SSSR count). The Kier molecular flexibility index (Phi) is 5.18. The number of nitrogens with zero attached hydrogens (tertiary/aromatic N) is 1. The van der Waals surface area contributed by atoms with Crippen LogP contribution in [0.5, 0.6) is 0 Å². The Hall–Kier alpha value is -1.89. The number of halogens is 1. The van der Waals surface area contributed by atoms with Crippen molar-refractivity contribution < 1.29 is 19.2 Å². The molecule has 0 unspecified atom stereocenters. The van der Waals surface area contributed by atoms with Gasteiger partial charge in [-0.25, -0.2) is 0 Å². The van der Waals surface area contributed by atoms with Gasteiger partial charge in [0.05, 0.1) is 0 Å². The zero-order valence-corrected chi connectivity index (χ0v) is 14.0. The summed E-state index contributed by atoms with van der Waals surface area (Å²) in [5.41, 5.74) is 1.36. The van der Waals surface area contributed by atoms with Gasteiger partial charge in [0.2, 0.25) is 0 Å². The molecule has 0 bridgehead atoms. The van der Waals surface area contributed by atoms with Crippen molar-refractivity contribution in [2.75, 3.05) is 13.2 Å². The highest BCUT2D eigenvalue weighted by Gasteiger charge is 2.28. The molecule has 24 heavy (non-hydrogen) atoms. The van der Waals surface area contributed by atoms with E-state index in [-0.39, 0.29) is 23.3 Å². The summed E-state index contributed by atoms with van der Waals surface area (Å²) in [6.45, 7) is 2.79. The van der Waals surface area contributed by atoms with Crippen LogP contribution in [0, 0.1) is 0 Å². The van der Waals surface area contributed by atoms with Gasteiger partial charge in [-0.05, 0) is 31.9 Å². The largest absolute Gasteiger partial charge is 0.385 e. The topological polar surface area (TPSA) is 84.6 Å². The third kappa shape index (κ3) is 3.61. The Morgan fingerprint density at radius 1 is 1.33 bits per heavy atom. The maximum absolute atomic E-state index is 12.8. The molecular weight excluding hydrogens is 332 g/mol. The lowest BCUT2D eigenvalue weighted by Crippen LogP contribution is -2.39. The van der Waals surface area contributed by atoms with Gasteiger partial charge in [-0.15, -0.1) is 0 Å². The highest BCUT2D eigenvalue weighted by molar-refractivity contribution is 6.30. The van der Waals surface area contributed by atoms with Crippen LogP contribution in [0.4, 0.5) is 0 Å². The van der Waals surface area contributed by atoms with Crippen molar-refractivity contribution in [1.29, 1.82) is 0 Å². The minimum atomic E-state index is -0.936. The quantitative estimate of drug-likeness (QED) is 0.885. The molecule has 0 radical (unpaired) electrons. The van der Waals surface area contributed by atoms with E-state index in [0.29, 0.717) is 29.5 Å². The summed E-state index contributed by atoms with van der Waals surface area (Å²) >= 11 is 5.91. The van der Waals surface area contributed by atoms with Gasteiger partial charge < -0.3 is 19.7 Å². The first-order valence-corrected chi connectivity index (χ1v) is 8.26. The molecule has 0 aliphatic carbocycles. The van der Waals surface area contributed by atoms with Gasteiger partial charge in [0.25, 0.3) is 5.91 Å². The summed E-state index contributed by atoms with van der Waals surface area (Å²) in [4.78, 5) is 12.8. The van der Waals surface area contributed by atoms with Crippen LogP contribution in [0.3, 0.4) is 0 Å². The number of nitrogens with one attached hydrogen (secondary N) is 1. The standard InChI is InChI=1S/C17H19ClN2O4/c1-10(21)16-14(17(22)19-13-6-8-23-9-7-13)15(20-24-16)11-2-4-12(18)5-3-11/h2-5,10,13,21H,6-9H2,1H3,(H,19,22)/t10-/m0/s1. The number of rotatable bonds is 4. The predicted molar refractivity (Wildman–Crippen MR) is 88.9 cm³/mol. The minimum absolute atomic E-state index is 0.0427. The van der Waals surface area contributed by atoms with Crippen molar-refractivity contribution in [2.24, 2.45) is 0 Å². The predicted octanol–water partition coefficient (Wildman–Crippen LogP) is 2.96. The first-order chi connectivity index (χ1) is 11.6. The number of aliphatic hydroxyl groups is 1. The fraction of sp³-hybridized carbons (Fsp3) is 0.412. The molecule has 0 saturated carbocycles. The molecule has 1 atom stereocenters. The lowest BCUT2D eigenvalue weighted by Gasteiger charge is -2.23. The molecule has 6 nitrogen and oxygen atoms in total. The second kappa shape index (κ2) is 7.34. The summed E-state index contributed by atoms with van der Waals surface area (Å²) in [6, 6.07) is 7.00. The van der Waals surface area contributed by atoms with E-state index < -0.39 is 6.10 Å². The number of carbonyl (C=O) groups excluding carboxylic acids is 1. The molecule has 0 spiro atoms. The van der Waals surface area contributed by atoms with Crippen LogP contribution in [-0.2, 0) is 4.74 Å².